The van der Waals surface area contributed by atoms with E-state index in [1.54, 1.807) is 66.0 Å². The largest absolute Gasteiger partial charge is 0.507 e. The van der Waals surface area contributed by atoms with E-state index in [0.717, 1.165) is 16.9 Å². The monoisotopic (exact) mass is 595 g/mol. The van der Waals surface area contributed by atoms with Crippen LogP contribution >= 0.6 is 0 Å². The lowest BCUT2D eigenvalue weighted by atomic mass is 9.98. The number of nitrogens with two attached hydrogens (primary N) is 1. The summed E-state index contributed by atoms with van der Waals surface area (Å²) in [6.45, 7) is 4.63. The van der Waals surface area contributed by atoms with E-state index in [1.165, 1.54) is 0 Å². The van der Waals surface area contributed by atoms with Crippen molar-refractivity contribution < 1.29 is 29.5 Å². The molecule has 2 atom stereocenters. The lowest BCUT2D eigenvalue weighted by Gasteiger charge is -2.36. The zero-order valence-corrected chi connectivity index (χ0v) is 25.5. The highest BCUT2D eigenvalue weighted by molar-refractivity contribution is 6.14. The molecule has 0 radical (unpaired) electrons. The van der Waals surface area contributed by atoms with Gasteiger partial charge in [0.2, 0.25) is 11.8 Å². The minimum absolute atomic E-state index is 0.0276. The third-order valence-electron chi connectivity index (χ3n) is 7.35. The van der Waals surface area contributed by atoms with Gasteiger partial charge >= 0.3 is 0 Å². The van der Waals surface area contributed by atoms with Gasteiger partial charge in [0.15, 0.2) is 0 Å². The molecule has 4 rings (SSSR count). The van der Waals surface area contributed by atoms with Crippen molar-refractivity contribution in [2.45, 2.75) is 26.3 Å². The molecule has 0 saturated carbocycles. The van der Waals surface area contributed by atoms with E-state index in [9.17, 15) is 14.7 Å². The fourth-order valence-electron chi connectivity index (χ4n) is 4.92. The second-order valence-electron chi connectivity index (χ2n) is 10.7. The maximum Gasteiger partial charge on any atom is 0.249 e. The van der Waals surface area contributed by atoms with Gasteiger partial charge in [-0.2, -0.15) is 0 Å². The van der Waals surface area contributed by atoms with Crippen LogP contribution in [0.5, 0.6) is 11.5 Å². The maximum absolute atomic E-state index is 13.4. The van der Waals surface area contributed by atoms with Gasteiger partial charge in [-0.1, -0.05) is 42.5 Å². The summed E-state index contributed by atoms with van der Waals surface area (Å²) in [6.07, 6.45) is 2.29. The van der Waals surface area contributed by atoms with Crippen LogP contribution in [0.15, 0.2) is 78.5 Å². The maximum atomic E-state index is 13.4. The Balaban J connectivity index is 1.41. The summed E-state index contributed by atoms with van der Waals surface area (Å²) < 4.78 is 10.8. The zero-order chi connectivity index (χ0) is 31.6. The van der Waals surface area contributed by atoms with Crippen LogP contribution in [0.1, 0.15) is 29.2 Å². The molecule has 228 valence electrons. The third-order valence-corrected chi connectivity index (χ3v) is 7.35. The summed E-state index contributed by atoms with van der Waals surface area (Å²) in [4.78, 5) is 28.3. The van der Waals surface area contributed by atoms with Gasteiger partial charge in [0.1, 0.15) is 29.3 Å². The predicted molar refractivity (Wildman–Crippen MR) is 170 cm³/mol. The van der Waals surface area contributed by atoms with Gasteiger partial charge in [-0.3, -0.25) is 15.0 Å². The Bertz CT molecular complexity index is 1590. The second-order valence-corrected chi connectivity index (χ2v) is 10.7. The number of amides is 2. The molecule has 1 heterocycles. The highest BCUT2D eigenvalue weighted by atomic mass is 16.5. The number of carbonyl (C=O) groups is 2. The molecule has 9 nitrogen and oxygen atoms in total. The third kappa shape index (κ3) is 8.13. The van der Waals surface area contributed by atoms with Crippen LogP contribution in [0.25, 0.3) is 0 Å². The number of nitrogens with one attached hydrogen (secondary N) is 2. The quantitative estimate of drug-likeness (QED) is 0.223. The number of rotatable bonds is 9. The molecule has 1 aliphatic rings. The molecule has 1 fully saturated rings. The molecular weight excluding hydrogens is 556 g/mol. The van der Waals surface area contributed by atoms with Crippen LogP contribution in [-0.4, -0.2) is 67.5 Å². The number of quaternary nitrogens is 1. The van der Waals surface area contributed by atoms with E-state index in [0.29, 0.717) is 42.0 Å². The van der Waals surface area contributed by atoms with Crippen molar-refractivity contribution in [2.24, 2.45) is 5.92 Å². The fourth-order valence-corrected chi connectivity index (χ4v) is 4.92. The number of hydrogen-bond donors (Lipinski definition) is 4. The molecule has 9 heteroatoms. The van der Waals surface area contributed by atoms with Crippen molar-refractivity contribution in [3.8, 4) is 23.3 Å². The number of phenolic OH excluding ortho intramolecular Hbond substituents is 1. The summed E-state index contributed by atoms with van der Waals surface area (Å²) in [5.41, 5.74) is 4.23. The van der Waals surface area contributed by atoms with Crippen molar-refractivity contribution >= 4 is 23.2 Å². The summed E-state index contributed by atoms with van der Waals surface area (Å²) >= 11 is 0. The van der Waals surface area contributed by atoms with Gasteiger partial charge < -0.3 is 30.1 Å². The SMILES string of the molecule is C[NH2+]/C=C(/C#Cc1ccc(NC(=O)C2COCCN2C(=O)[C@@H](C)Cc2ccc(OC)cc2)cc1)C(=N)c1cc(C)ccc1O. The first-order chi connectivity index (χ1) is 21.2. The van der Waals surface area contributed by atoms with Crippen LogP contribution in [0, 0.1) is 30.1 Å². The molecule has 0 aromatic heterocycles. The topological polar surface area (TPSA) is 129 Å². The Kier molecular flexibility index (Phi) is 10.9. The lowest BCUT2D eigenvalue weighted by Crippen LogP contribution is -2.73. The summed E-state index contributed by atoms with van der Waals surface area (Å²) in [5, 5.41) is 23.6. The van der Waals surface area contributed by atoms with Gasteiger partial charge in [-0.05, 0) is 67.4 Å². The molecule has 3 aromatic rings. The van der Waals surface area contributed by atoms with Crippen LogP contribution in [0.3, 0.4) is 0 Å². The molecule has 1 unspecified atom stereocenters. The lowest BCUT2D eigenvalue weighted by molar-refractivity contribution is -0.556. The van der Waals surface area contributed by atoms with E-state index in [2.05, 4.69) is 17.2 Å². The fraction of sp³-hybridized carbons (Fsp3) is 0.286. The standard InChI is InChI=1S/C35H38N4O5/c1-23-5-16-32(40)30(19-23)33(36)27(21-37-3)11-6-25-7-12-28(13-8-25)38-34(41)31-22-44-18-17-39(31)35(42)24(2)20-26-9-14-29(43-4)15-10-26/h5,7-10,12-16,19,21,24,31,36-37,40H,17-18,20,22H2,1-4H3,(H,38,41)/p+1/b27-21-,36-33?/t24-,31?/m0/s1. The number of allylic oxidation sites excluding steroid dienone is 1. The number of anilines is 1. The molecule has 3 aromatic carbocycles. The number of benzene rings is 3. The van der Waals surface area contributed by atoms with Gasteiger partial charge in [0, 0.05) is 29.3 Å². The van der Waals surface area contributed by atoms with Crippen LogP contribution in [0.4, 0.5) is 5.69 Å². The Hall–Kier alpha value is -4.91. The van der Waals surface area contributed by atoms with E-state index in [4.69, 9.17) is 14.9 Å². The number of nitrogens with zero attached hydrogens (tertiary/aromatic N) is 1. The minimum atomic E-state index is -0.740. The summed E-state index contributed by atoms with van der Waals surface area (Å²) in [5.74, 6) is 6.17. The highest BCUT2D eigenvalue weighted by Gasteiger charge is 2.35. The van der Waals surface area contributed by atoms with Crippen LogP contribution in [-0.2, 0) is 20.7 Å². The highest BCUT2D eigenvalue weighted by Crippen LogP contribution is 2.22. The van der Waals surface area contributed by atoms with Crippen molar-refractivity contribution in [3.05, 3.63) is 101 Å². The van der Waals surface area contributed by atoms with Crippen molar-refractivity contribution in [3.63, 3.8) is 0 Å². The van der Waals surface area contributed by atoms with Crippen molar-refractivity contribution in [1.29, 1.82) is 5.41 Å². The average molecular weight is 596 g/mol. The Morgan fingerprint density at radius 3 is 2.59 bits per heavy atom. The van der Waals surface area contributed by atoms with Gasteiger partial charge in [0.05, 0.1) is 33.1 Å². The Morgan fingerprint density at radius 2 is 1.91 bits per heavy atom. The van der Waals surface area contributed by atoms with E-state index in [1.807, 2.05) is 45.2 Å². The van der Waals surface area contributed by atoms with Crippen LogP contribution < -0.4 is 15.4 Å². The summed E-state index contributed by atoms with van der Waals surface area (Å²) in [6, 6.07) is 19.1. The smallest absolute Gasteiger partial charge is 0.249 e. The second kappa shape index (κ2) is 15.0. The molecule has 1 saturated heterocycles. The molecule has 44 heavy (non-hydrogen) atoms. The molecule has 0 bridgehead atoms. The number of methoxy groups -OCH3 is 1. The molecule has 2 amide bonds. The number of aryl methyl sites for hydroxylation is 1. The van der Waals surface area contributed by atoms with Gasteiger partial charge in [-0.25, -0.2) is 0 Å². The first-order valence-electron chi connectivity index (χ1n) is 14.5. The van der Waals surface area contributed by atoms with E-state index in [-0.39, 0.29) is 35.8 Å². The minimum Gasteiger partial charge on any atom is -0.507 e. The molecule has 0 spiro atoms. The number of morpholine rings is 1. The van der Waals surface area contributed by atoms with Crippen LogP contribution in [0.2, 0.25) is 0 Å². The Labute approximate surface area is 258 Å². The molecule has 5 N–H and O–H groups in total. The number of aromatic hydroxyl groups is 1. The first kappa shape index (κ1) is 32.0. The van der Waals surface area contributed by atoms with Gasteiger partial charge in [0.25, 0.3) is 0 Å². The first-order valence-corrected chi connectivity index (χ1v) is 14.5. The molecule has 0 aliphatic carbocycles. The number of carbonyl (C=O) groups excluding carboxylic acids is 2. The normalized spacial score (nSPS) is 15.5. The average Bonchev–Trinajstić information content (AvgIpc) is 3.04. The van der Waals surface area contributed by atoms with E-state index >= 15 is 0 Å². The number of phenols is 1. The van der Waals surface area contributed by atoms with Crippen molar-refractivity contribution in [2.75, 3.05) is 39.2 Å². The van der Waals surface area contributed by atoms with Gasteiger partial charge in [-0.15, -0.1) is 0 Å². The molecular formula is C35H39N4O5+. The molecule has 1 aliphatic heterocycles. The zero-order valence-electron chi connectivity index (χ0n) is 25.5. The predicted octanol–water partition coefficient (Wildman–Crippen LogP) is 3.25. The van der Waals surface area contributed by atoms with Crippen molar-refractivity contribution in [1.82, 2.24) is 4.90 Å². The summed E-state index contributed by atoms with van der Waals surface area (Å²) in [7, 11) is 3.46. The number of ether oxygens (including phenoxy) is 2. The van der Waals surface area contributed by atoms with E-state index < -0.39 is 6.04 Å². The Morgan fingerprint density at radius 1 is 1.18 bits per heavy atom. The number of hydrogen-bond acceptors (Lipinski definition) is 6.